The molecule has 0 aliphatic heterocycles. The molecule has 1 aromatic carbocycles. The Kier molecular flexibility index (Phi) is 4.29. The van der Waals surface area contributed by atoms with Crippen LogP contribution in [0.4, 0.5) is 0 Å². The van der Waals surface area contributed by atoms with Gasteiger partial charge < -0.3 is 10.4 Å². The van der Waals surface area contributed by atoms with Gasteiger partial charge >= 0.3 is 0 Å². The molecule has 0 fully saturated rings. The van der Waals surface area contributed by atoms with E-state index in [0.29, 0.717) is 18.4 Å². The predicted molar refractivity (Wildman–Crippen MR) is 77.4 cm³/mol. The van der Waals surface area contributed by atoms with Crippen LogP contribution in [0, 0.1) is 0 Å². The Morgan fingerprint density at radius 1 is 1.25 bits per heavy atom. The van der Waals surface area contributed by atoms with Gasteiger partial charge in [-0.2, -0.15) is 0 Å². The summed E-state index contributed by atoms with van der Waals surface area (Å²) in [5.41, 5.74) is 0.835. The fraction of sp³-hybridized carbons (Fsp3) is 0.400. The summed E-state index contributed by atoms with van der Waals surface area (Å²) in [5, 5.41) is 12.9. The number of para-hydroxylation sites is 2. The zero-order valence-electron chi connectivity index (χ0n) is 11.8. The Balaban J connectivity index is 2.11. The quantitative estimate of drug-likeness (QED) is 0.872. The minimum atomic E-state index is -0.861. The number of fused-ring (bicyclic) bond motifs is 1. The van der Waals surface area contributed by atoms with Crippen molar-refractivity contribution in [1.29, 1.82) is 0 Å². The normalized spacial score (nSPS) is 11.6. The van der Waals surface area contributed by atoms with Gasteiger partial charge in [-0.15, -0.1) is 0 Å². The van der Waals surface area contributed by atoms with Gasteiger partial charge in [-0.25, -0.2) is 4.98 Å². The average molecular weight is 273 g/mol. The largest absolute Gasteiger partial charge is 0.388 e. The Morgan fingerprint density at radius 2 is 1.90 bits per heavy atom. The zero-order valence-corrected chi connectivity index (χ0v) is 11.8. The second kappa shape index (κ2) is 5.96. The number of benzene rings is 1. The van der Waals surface area contributed by atoms with Crippen LogP contribution in [0.25, 0.3) is 11.0 Å². The van der Waals surface area contributed by atoms with Gasteiger partial charge in [0.05, 0.1) is 22.8 Å². The number of rotatable bonds is 5. The van der Waals surface area contributed by atoms with Gasteiger partial charge in [0.25, 0.3) is 5.91 Å². The standard InChI is InChI=1S/C15H19N3O2/c1-3-15(20,4-2)10-17-14(19)13-9-16-11-7-5-6-8-12(11)18-13/h5-9,20H,3-4,10H2,1-2H3,(H,17,19). The summed E-state index contributed by atoms with van der Waals surface area (Å²) < 4.78 is 0. The number of aliphatic hydroxyl groups is 1. The molecule has 1 amide bonds. The first-order chi connectivity index (χ1) is 9.58. The maximum Gasteiger partial charge on any atom is 0.271 e. The van der Waals surface area contributed by atoms with Crippen LogP contribution in [0.1, 0.15) is 37.2 Å². The molecule has 2 aromatic rings. The maximum atomic E-state index is 12.0. The summed E-state index contributed by atoms with van der Waals surface area (Å²) in [7, 11) is 0. The lowest BCUT2D eigenvalue weighted by Gasteiger charge is -2.25. The van der Waals surface area contributed by atoms with E-state index >= 15 is 0 Å². The highest BCUT2D eigenvalue weighted by molar-refractivity contribution is 5.93. The number of carbonyl (C=O) groups is 1. The van der Waals surface area contributed by atoms with E-state index in [0.717, 1.165) is 5.52 Å². The number of hydrogen-bond donors (Lipinski definition) is 2. The second-order valence-electron chi connectivity index (χ2n) is 4.86. The lowest BCUT2D eigenvalue weighted by molar-refractivity contribution is 0.0313. The van der Waals surface area contributed by atoms with Crippen molar-refractivity contribution >= 4 is 16.9 Å². The Morgan fingerprint density at radius 3 is 2.55 bits per heavy atom. The molecule has 0 saturated carbocycles. The maximum absolute atomic E-state index is 12.0. The SMILES string of the molecule is CCC(O)(CC)CNC(=O)c1cnc2ccccc2n1. The van der Waals surface area contributed by atoms with Gasteiger partial charge in [-0.3, -0.25) is 9.78 Å². The first-order valence-electron chi connectivity index (χ1n) is 6.80. The van der Waals surface area contributed by atoms with E-state index in [1.165, 1.54) is 6.20 Å². The smallest absolute Gasteiger partial charge is 0.271 e. The highest BCUT2D eigenvalue weighted by atomic mass is 16.3. The highest BCUT2D eigenvalue weighted by Crippen LogP contribution is 2.13. The summed E-state index contributed by atoms with van der Waals surface area (Å²) in [5.74, 6) is -0.316. The molecule has 2 N–H and O–H groups in total. The fourth-order valence-corrected chi connectivity index (χ4v) is 1.90. The lowest BCUT2D eigenvalue weighted by atomic mass is 9.97. The molecule has 5 nitrogen and oxygen atoms in total. The third-order valence-corrected chi connectivity index (χ3v) is 3.58. The number of aromatic nitrogens is 2. The summed E-state index contributed by atoms with van der Waals surface area (Å²) >= 11 is 0. The van der Waals surface area contributed by atoms with E-state index in [1.54, 1.807) is 0 Å². The van der Waals surface area contributed by atoms with E-state index in [9.17, 15) is 9.90 Å². The second-order valence-corrected chi connectivity index (χ2v) is 4.86. The van der Waals surface area contributed by atoms with E-state index in [2.05, 4.69) is 15.3 Å². The van der Waals surface area contributed by atoms with Crippen molar-refractivity contribution in [3.8, 4) is 0 Å². The van der Waals surface area contributed by atoms with Gasteiger partial charge in [0.2, 0.25) is 0 Å². The summed E-state index contributed by atoms with van der Waals surface area (Å²) in [6, 6.07) is 7.38. The Labute approximate surface area is 118 Å². The van der Waals surface area contributed by atoms with Crippen LogP contribution in [0.2, 0.25) is 0 Å². The minimum Gasteiger partial charge on any atom is -0.388 e. The van der Waals surface area contributed by atoms with Crippen molar-refractivity contribution in [2.45, 2.75) is 32.3 Å². The minimum absolute atomic E-state index is 0.216. The van der Waals surface area contributed by atoms with E-state index in [-0.39, 0.29) is 18.1 Å². The number of hydrogen-bond acceptors (Lipinski definition) is 4. The third-order valence-electron chi connectivity index (χ3n) is 3.58. The molecule has 2 rings (SSSR count). The monoisotopic (exact) mass is 273 g/mol. The molecule has 0 unspecified atom stereocenters. The molecule has 0 bridgehead atoms. The fourth-order valence-electron chi connectivity index (χ4n) is 1.90. The van der Waals surface area contributed by atoms with Crippen molar-refractivity contribution in [3.63, 3.8) is 0 Å². The topological polar surface area (TPSA) is 75.1 Å². The molecule has 5 heteroatoms. The van der Waals surface area contributed by atoms with E-state index in [1.807, 2.05) is 38.1 Å². The summed E-state index contributed by atoms with van der Waals surface area (Å²) in [4.78, 5) is 20.5. The van der Waals surface area contributed by atoms with Gasteiger partial charge in [0, 0.05) is 6.54 Å². The number of carbonyl (C=O) groups excluding carboxylic acids is 1. The van der Waals surface area contributed by atoms with Crippen LogP contribution in [-0.4, -0.2) is 33.1 Å². The van der Waals surface area contributed by atoms with Gasteiger partial charge in [-0.1, -0.05) is 26.0 Å². The van der Waals surface area contributed by atoms with Crippen LogP contribution in [-0.2, 0) is 0 Å². The molecule has 1 aromatic heterocycles. The van der Waals surface area contributed by atoms with Gasteiger partial charge in [0.15, 0.2) is 0 Å². The number of amides is 1. The molecule has 1 heterocycles. The molecule has 106 valence electrons. The van der Waals surface area contributed by atoms with E-state index < -0.39 is 5.60 Å². The molecule has 0 aliphatic rings. The molecule has 0 saturated heterocycles. The van der Waals surface area contributed by atoms with Crippen LogP contribution in [0.5, 0.6) is 0 Å². The average Bonchev–Trinajstić information content (AvgIpc) is 2.51. The van der Waals surface area contributed by atoms with Crippen LogP contribution in [0.3, 0.4) is 0 Å². The molecule has 0 aliphatic carbocycles. The third kappa shape index (κ3) is 3.11. The highest BCUT2D eigenvalue weighted by Gasteiger charge is 2.23. The van der Waals surface area contributed by atoms with Crippen LogP contribution in [0.15, 0.2) is 30.5 Å². The number of nitrogens with one attached hydrogen (secondary N) is 1. The van der Waals surface area contributed by atoms with Crippen molar-refractivity contribution < 1.29 is 9.90 Å². The first-order valence-corrected chi connectivity index (χ1v) is 6.80. The van der Waals surface area contributed by atoms with Crippen molar-refractivity contribution in [2.24, 2.45) is 0 Å². The molecular weight excluding hydrogens is 254 g/mol. The summed E-state index contributed by atoms with van der Waals surface area (Å²) in [6.07, 6.45) is 2.63. The predicted octanol–water partition coefficient (Wildman–Crippen LogP) is 1.91. The van der Waals surface area contributed by atoms with Gasteiger partial charge in [-0.05, 0) is 25.0 Å². The molecule has 0 radical (unpaired) electrons. The molecule has 0 spiro atoms. The molecule has 20 heavy (non-hydrogen) atoms. The van der Waals surface area contributed by atoms with Crippen molar-refractivity contribution in [1.82, 2.24) is 15.3 Å². The lowest BCUT2D eigenvalue weighted by Crippen LogP contribution is -2.42. The van der Waals surface area contributed by atoms with Crippen LogP contribution >= 0.6 is 0 Å². The van der Waals surface area contributed by atoms with E-state index in [4.69, 9.17) is 0 Å². The zero-order chi connectivity index (χ0) is 14.6. The summed E-state index contributed by atoms with van der Waals surface area (Å²) in [6.45, 7) is 4.00. The van der Waals surface area contributed by atoms with Crippen LogP contribution < -0.4 is 5.32 Å². The van der Waals surface area contributed by atoms with Gasteiger partial charge in [0.1, 0.15) is 5.69 Å². The Bertz CT molecular complexity index is 609. The van der Waals surface area contributed by atoms with Crippen molar-refractivity contribution in [2.75, 3.05) is 6.54 Å². The molecule has 0 atom stereocenters. The molecular formula is C15H19N3O2. The number of nitrogens with zero attached hydrogens (tertiary/aromatic N) is 2. The first kappa shape index (κ1) is 14.4. The van der Waals surface area contributed by atoms with Crippen molar-refractivity contribution in [3.05, 3.63) is 36.2 Å². The Hall–Kier alpha value is -2.01.